The Labute approximate surface area is 125 Å². The number of nitrogens with one attached hydrogen (secondary N) is 3. The monoisotopic (exact) mass is 334 g/mol. The second-order valence-corrected chi connectivity index (χ2v) is 5.75. The number of aliphatic imine (C=N–C) groups is 1. The van der Waals surface area contributed by atoms with E-state index in [1.54, 1.807) is 0 Å². The second kappa shape index (κ2) is 5.28. The normalized spacial score (nSPS) is 18.5. The Morgan fingerprint density at radius 1 is 1.50 bits per heavy atom. The van der Waals surface area contributed by atoms with Crippen molar-refractivity contribution in [3.63, 3.8) is 0 Å². The Morgan fingerprint density at radius 2 is 2.35 bits per heavy atom. The number of hydrogen-bond donors (Lipinski definition) is 3. The Morgan fingerprint density at radius 3 is 3.15 bits per heavy atom. The van der Waals surface area contributed by atoms with Gasteiger partial charge in [0.25, 0.3) is 0 Å². The van der Waals surface area contributed by atoms with Gasteiger partial charge >= 0.3 is 0 Å². The molecule has 0 saturated carbocycles. The number of carbonyl (C=O) groups excluding carboxylic acids is 1. The lowest BCUT2D eigenvalue weighted by atomic mass is 10.0. The van der Waals surface area contributed by atoms with E-state index >= 15 is 0 Å². The average Bonchev–Trinajstić information content (AvgIpc) is 2.81. The van der Waals surface area contributed by atoms with Gasteiger partial charge in [-0.2, -0.15) is 0 Å². The molecule has 1 atom stereocenters. The van der Waals surface area contributed by atoms with Gasteiger partial charge in [0.2, 0.25) is 5.91 Å². The number of H-pyrrole nitrogens is 1. The lowest BCUT2D eigenvalue weighted by molar-refractivity contribution is -0.117. The van der Waals surface area contributed by atoms with Crippen LogP contribution in [0.2, 0.25) is 0 Å². The van der Waals surface area contributed by atoms with Crippen molar-refractivity contribution >= 4 is 38.7 Å². The number of amides is 1. The van der Waals surface area contributed by atoms with Crippen LogP contribution in [0.1, 0.15) is 24.9 Å². The molecule has 5 nitrogen and oxygen atoms in total. The molecule has 0 radical (unpaired) electrons. The third-order valence-corrected chi connectivity index (χ3v) is 3.84. The molecule has 0 unspecified atom stereocenters. The Kier molecular flexibility index (Phi) is 3.48. The van der Waals surface area contributed by atoms with Crippen LogP contribution in [0.15, 0.2) is 33.9 Å². The van der Waals surface area contributed by atoms with Crippen LogP contribution in [0.4, 0.5) is 0 Å². The van der Waals surface area contributed by atoms with Gasteiger partial charge in [-0.3, -0.25) is 15.1 Å². The van der Waals surface area contributed by atoms with Gasteiger partial charge in [0, 0.05) is 35.0 Å². The number of nitrogens with zero attached hydrogens (tertiary/aromatic N) is 1. The molecule has 1 aliphatic rings. The first-order chi connectivity index (χ1) is 9.63. The van der Waals surface area contributed by atoms with Crippen LogP contribution >= 0.6 is 15.9 Å². The van der Waals surface area contributed by atoms with Crippen molar-refractivity contribution in [1.82, 2.24) is 15.6 Å². The fraction of sp³-hybridized carbons (Fsp3) is 0.286. The first-order valence-corrected chi connectivity index (χ1v) is 7.28. The summed E-state index contributed by atoms with van der Waals surface area (Å²) in [6.07, 6.45) is 2.92. The fourth-order valence-electron chi connectivity index (χ4n) is 2.47. The topological polar surface area (TPSA) is 69.3 Å². The van der Waals surface area contributed by atoms with E-state index in [4.69, 9.17) is 0 Å². The minimum atomic E-state index is -0.112. The summed E-state index contributed by atoms with van der Waals surface area (Å²) in [4.78, 5) is 18.7. The molecule has 3 rings (SSSR count). The van der Waals surface area contributed by atoms with Gasteiger partial charge in [0.15, 0.2) is 5.96 Å². The van der Waals surface area contributed by atoms with Crippen molar-refractivity contribution in [3.8, 4) is 0 Å². The number of aromatic amines is 1. The summed E-state index contributed by atoms with van der Waals surface area (Å²) < 4.78 is 1.05. The van der Waals surface area contributed by atoms with Crippen molar-refractivity contribution in [2.75, 3.05) is 6.54 Å². The number of rotatable bonds is 1. The zero-order valence-corrected chi connectivity index (χ0v) is 12.6. The zero-order valence-electron chi connectivity index (χ0n) is 11.0. The van der Waals surface area contributed by atoms with Crippen LogP contribution < -0.4 is 10.6 Å². The van der Waals surface area contributed by atoms with Crippen LogP contribution in [0, 0.1) is 0 Å². The van der Waals surface area contributed by atoms with E-state index in [0.29, 0.717) is 12.5 Å². The Hall–Kier alpha value is -1.82. The summed E-state index contributed by atoms with van der Waals surface area (Å²) in [7, 11) is 0. The molecule has 2 heterocycles. The first-order valence-electron chi connectivity index (χ1n) is 6.48. The van der Waals surface area contributed by atoms with Crippen LogP contribution in [0.25, 0.3) is 10.9 Å². The van der Waals surface area contributed by atoms with Crippen molar-refractivity contribution in [1.29, 1.82) is 0 Å². The maximum absolute atomic E-state index is 11.1. The van der Waals surface area contributed by atoms with Gasteiger partial charge in [-0.05, 0) is 30.2 Å². The molecule has 3 N–H and O–H groups in total. The standard InChI is InChI=1S/C14H15BrN4O/c1-8(20)18-14-16-5-4-13(19-14)11-7-17-12-3-2-9(15)6-10(11)12/h2-3,6-7,13,17H,4-5H2,1H3,(H2,16,18,19,20)/t13-/m1/s1. The zero-order chi connectivity index (χ0) is 14.1. The van der Waals surface area contributed by atoms with Gasteiger partial charge in [0.1, 0.15) is 0 Å². The smallest absolute Gasteiger partial charge is 0.223 e. The molecule has 2 aromatic rings. The van der Waals surface area contributed by atoms with Crippen LogP contribution in [0.5, 0.6) is 0 Å². The second-order valence-electron chi connectivity index (χ2n) is 4.83. The van der Waals surface area contributed by atoms with E-state index in [2.05, 4.69) is 48.7 Å². The summed E-state index contributed by atoms with van der Waals surface area (Å²) in [6.45, 7) is 2.19. The predicted molar refractivity (Wildman–Crippen MR) is 82.6 cm³/mol. The first kappa shape index (κ1) is 13.2. The number of carbonyl (C=O) groups is 1. The Bertz CT molecular complexity index is 692. The van der Waals surface area contributed by atoms with Crippen LogP contribution in [0.3, 0.4) is 0 Å². The van der Waals surface area contributed by atoms with Gasteiger partial charge in [0.05, 0.1) is 6.04 Å². The molecule has 104 valence electrons. The quantitative estimate of drug-likeness (QED) is 0.749. The van der Waals surface area contributed by atoms with E-state index in [1.807, 2.05) is 12.3 Å². The van der Waals surface area contributed by atoms with E-state index < -0.39 is 0 Å². The highest BCUT2D eigenvalue weighted by molar-refractivity contribution is 9.10. The fourth-order valence-corrected chi connectivity index (χ4v) is 2.83. The highest BCUT2D eigenvalue weighted by atomic mass is 79.9. The molecule has 20 heavy (non-hydrogen) atoms. The molecule has 1 amide bonds. The van der Waals surface area contributed by atoms with Gasteiger partial charge < -0.3 is 10.3 Å². The molecular formula is C14H15BrN4O. The number of fused-ring (bicyclic) bond motifs is 1. The van der Waals surface area contributed by atoms with E-state index in [9.17, 15) is 4.79 Å². The molecule has 1 aromatic heterocycles. The maximum atomic E-state index is 11.1. The summed E-state index contributed by atoms with van der Waals surface area (Å²) in [5.74, 6) is 0.441. The molecule has 1 aromatic carbocycles. The largest absolute Gasteiger partial charge is 0.361 e. The number of guanidine groups is 1. The highest BCUT2D eigenvalue weighted by Gasteiger charge is 2.20. The number of benzene rings is 1. The van der Waals surface area contributed by atoms with Crippen molar-refractivity contribution in [2.24, 2.45) is 4.99 Å². The number of halogens is 1. The minimum Gasteiger partial charge on any atom is -0.361 e. The lowest BCUT2D eigenvalue weighted by Gasteiger charge is -2.24. The predicted octanol–water partition coefficient (Wildman–Crippen LogP) is 2.46. The minimum absolute atomic E-state index is 0.112. The molecular weight excluding hydrogens is 320 g/mol. The molecule has 0 fully saturated rings. The van der Waals surface area contributed by atoms with Crippen LogP contribution in [-0.2, 0) is 4.79 Å². The number of hydrogen-bond acceptors (Lipinski definition) is 3. The van der Waals surface area contributed by atoms with Crippen molar-refractivity contribution in [3.05, 3.63) is 34.4 Å². The summed E-state index contributed by atoms with van der Waals surface area (Å²) >= 11 is 3.50. The molecule has 0 bridgehead atoms. The SMILES string of the molecule is CC(=O)NC1=NCC[C@H](c2c[nH]c3ccc(Br)cc23)N1. The molecule has 1 aliphatic heterocycles. The molecule has 6 heteroatoms. The lowest BCUT2D eigenvalue weighted by Crippen LogP contribution is -2.44. The van der Waals surface area contributed by atoms with Crippen molar-refractivity contribution < 1.29 is 4.79 Å². The van der Waals surface area contributed by atoms with Gasteiger partial charge in [-0.15, -0.1) is 0 Å². The molecule has 0 saturated heterocycles. The third-order valence-electron chi connectivity index (χ3n) is 3.34. The average molecular weight is 335 g/mol. The molecule has 0 aliphatic carbocycles. The van der Waals surface area contributed by atoms with Gasteiger partial charge in [-0.1, -0.05) is 15.9 Å². The van der Waals surface area contributed by atoms with Crippen LogP contribution in [-0.4, -0.2) is 23.4 Å². The Balaban J connectivity index is 1.90. The van der Waals surface area contributed by atoms with E-state index in [1.165, 1.54) is 17.9 Å². The summed E-state index contributed by atoms with van der Waals surface area (Å²) in [6, 6.07) is 6.32. The third kappa shape index (κ3) is 2.56. The maximum Gasteiger partial charge on any atom is 0.223 e. The highest BCUT2D eigenvalue weighted by Crippen LogP contribution is 2.29. The van der Waals surface area contributed by atoms with E-state index in [0.717, 1.165) is 16.4 Å². The van der Waals surface area contributed by atoms with Gasteiger partial charge in [-0.25, -0.2) is 0 Å². The van der Waals surface area contributed by atoms with Crippen molar-refractivity contribution in [2.45, 2.75) is 19.4 Å². The summed E-state index contributed by atoms with van der Waals surface area (Å²) in [5.41, 5.74) is 2.30. The summed E-state index contributed by atoms with van der Waals surface area (Å²) in [5, 5.41) is 7.18. The molecule has 0 spiro atoms. The number of aromatic nitrogens is 1. The van der Waals surface area contributed by atoms with E-state index in [-0.39, 0.29) is 11.9 Å².